The highest BCUT2D eigenvalue weighted by molar-refractivity contribution is 6.33. The van der Waals surface area contributed by atoms with Crippen molar-refractivity contribution in [3.05, 3.63) is 68.7 Å². The van der Waals surface area contributed by atoms with E-state index in [0.29, 0.717) is 42.1 Å². The molecule has 1 aliphatic rings. The molecule has 1 heterocycles. The molecule has 0 spiro atoms. The van der Waals surface area contributed by atoms with Gasteiger partial charge in [-0.2, -0.15) is 5.10 Å². The second kappa shape index (κ2) is 10.0. The highest BCUT2D eigenvalue weighted by Gasteiger charge is 2.28. The van der Waals surface area contributed by atoms with Crippen LogP contribution in [-0.4, -0.2) is 48.1 Å². The van der Waals surface area contributed by atoms with E-state index in [2.05, 4.69) is 10.5 Å². The van der Waals surface area contributed by atoms with E-state index < -0.39 is 4.92 Å². The molecule has 162 valence electrons. The van der Waals surface area contributed by atoms with Crippen LogP contribution in [0.2, 0.25) is 5.02 Å². The smallest absolute Gasteiger partial charge is 0.311 e. The highest BCUT2D eigenvalue weighted by Crippen LogP contribution is 2.27. The lowest BCUT2D eigenvalue weighted by atomic mass is 9.95. The molecule has 2 aromatic carbocycles. The van der Waals surface area contributed by atoms with E-state index in [-0.39, 0.29) is 29.2 Å². The van der Waals surface area contributed by atoms with Crippen molar-refractivity contribution in [2.45, 2.75) is 12.8 Å². The number of hydrogen-bond acceptors (Lipinski definition) is 6. The van der Waals surface area contributed by atoms with E-state index in [4.69, 9.17) is 16.3 Å². The minimum Gasteiger partial charge on any atom is -0.490 e. The first-order valence-electron chi connectivity index (χ1n) is 9.60. The molecule has 0 atom stereocenters. The molecule has 0 saturated carbocycles. The summed E-state index contributed by atoms with van der Waals surface area (Å²) in [6.07, 6.45) is 2.34. The molecule has 31 heavy (non-hydrogen) atoms. The lowest BCUT2D eigenvalue weighted by molar-refractivity contribution is -0.385. The minimum atomic E-state index is -0.549. The molecule has 2 aromatic rings. The van der Waals surface area contributed by atoms with Crippen molar-refractivity contribution in [1.82, 2.24) is 10.3 Å². The van der Waals surface area contributed by atoms with Crippen molar-refractivity contribution in [2.24, 2.45) is 11.0 Å². The first-order valence-corrected chi connectivity index (χ1v) is 9.97. The van der Waals surface area contributed by atoms with Gasteiger partial charge in [-0.15, -0.1) is 0 Å². The van der Waals surface area contributed by atoms with Gasteiger partial charge in [-0.05, 0) is 37.1 Å². The summed E-state index contributed by atoms with van der Waals surface area (Å²) in [4.78, 5) is 37.2. The molecule has 0 aliphatic carbocycles. The number of hydrogen-bond donors (Lipinski definition) is 1. The quantitative estimate of drug-likeness (QED) is 0.417. The summed E-state index contributed by atoms with van der Waals surface area (Å²) >= 11 is 6.10. The van der Waals surface area contributed by atoms with E-state index in [1.54, 1.807) is 35.2 Å². The summed E-state index contributed by atoms with van der Waals surface area (Å²) < 4.78 is 4.95. The molecule has 0 aromatic heterocycles. The first-order chi connectivity index (χ1) is 14.9. The van der Waals surface area contributed by atoms with Gasteiger partial charge < -0.3 is 9.64 Å². The Labute approximate surface area is 183 Å². The monoisotopic (exact) mass is 444 g/mol. The number of methoxy groups -OCH3 is 1. The molecular weight excluding hydrogens is 424 g/mol. The summed E-state index contributed by atoms with van der Waals surface area (Å²) in [5, 5.41) is 15.4. The van der Waals surface area contributed by atoms with Crippen LogP contribution in [0.3, 0.4) is 0 Å². The van der Waals surface area contributed by atoms with Gasteiger partial charge in [0.1, 0.15) is 0 Å². The van der Waals surface area contributed by atoms with Crippen molar-refractivity contribution in [2.75, 3.05) is 20.2 Å². The van der Waals surface area contributed by atoms with Gasteiger partial charge in [0.15, 0.2) is 5.75 Å². The number of benzene rings is 2. The molecule has 1 fully saturated rings. The van der Waals surface area contributed by atoms with Crippen LogP contribution in [-0.2, 0) is 4.79 Å². The van der Waals surface area contributed by atoms with E-state index in [9.17, 15) is 19.7 Å². The number of piperidine rings is 1. The maximum Gasteiger partial charge on any atom is 0.311 e. The predicted molar refractivity (Wildman–Crippen MR) is 115 cm³/mol. The van der Waals surface area contributed by atoms with Crippen LogP contribution < -0.4 is 10.2 Å². The fourth-order valence-electron chi connectivity index (χ4n) is 3.34. The lowest BCUT2D eigenvalue weighted by Crippen LogP contribution is -2.42. The zero-order valence-electron chi connectivity index (χ0n) is 16.8. The zero-order chi connectivity index (χ0) is 22.4. The Morgan fingerprint density at radius 1 is 1.26 bits per heavy atom. The number of carbonyl (C=O) groups excluding carboxylic acids is 2. The first kappa shape index (κ1) is 22.2. The van der Waals surface area contributed by atoms with Gasteiger partial charge in [-0.25, -0.2) is 5.43 Å². The number of carbonyl (C=O) groups is 2. The maximum absolute atomic E-state index is 12.6. The third-order valence-electron chi connectivity index (χ3n) is 5.05. The molecule has 9 nitrogen and oxygen atoms in total. The molecule has 1 N–H and O–H groups in total. The van der Waals surface area contributed by atoms with Crippen LogP contribution in [0, 0.1) is 16.0 Å². The number of nitro benzene ring substituents is 1. The predicted octanol–water partition coefficient (Wildman–Crippen LogP) is 3.26. The van der Waals surface area contributed by atoms with E-state index in [1.807, 2.05) is 0 Å². The van der Waals surface area contributed by atoms with Crippen molar-refractivity contribution < 1.29 is 19.2 Å². The van der Waals surface area contributed by atoms with E-state index >= 15 is 0 Å². The van der Waals surface area contributed by atoms with Crippen LogP contribution in [0.4, 0.5) is 5.69 Å². The molecule has 0 bridgehead atoms. The maximum atomic E-state index is 12.6. The second-order valence-corrected chi connectivity index (χ2v) is 7.38. The van der Waals surface area contributed by atoms with Crippen LogP contribution in [0.25, 0.3) is 0 Å². The molecule has 3 rings (SSSR count). The Bertz CT molecular complexity index is 1020. The number of hydrazone groups is 1. The SMILES string of the molecule is COc1ccc(/C=N\NC(=O)C2CCN(C(=O)c3ccccc3Cl)CC2)cc1[N+](=O)[O-]. The standard InChI is InChI=1S/C21H21ClN4O5/c1-31-19-7-6-14(12-18(19)26(29)30)13-23-24-20(27)15-8-10-25(11-9-15)21(28)16-4-2-3-5-17(16)22/h2-7,12-13,15H,8-11H2,1H3,(H,24,27)/b23-13-. The minimum absolute atomic E-state index is 0.143. The number of ether oxygens (including phenoxy) is 1. The average Bonchev–Trinajstić information content (AvgIpc) is 2.79. The Balaban J connectivity index is 1.53. The fraction of sp³-hybridized carbons (Fsp3) is 0.286. The largest absolute Gasteiger partial charge is 0.490 e. The van der Waals surface area contributed by atoms with Crippen molar-refractivity contribution in [3.8, 4) is 5.75 Å². The number of likely N-dealkylation sites (tertiary alicyclic amines) is 1. The summed E-state index contributed by atoms with van der Waals surface area (Å²) in [5.74, 6) is -0.547. The Kier molecular flexibility index (Phi) is 7.19. The molecule has 0 unspecified atom stereocenters. The topological polar surface area (TPSA) is 114 Å². The van der Waals surface area contributed by atoms with Gasteiger partial charge in [-0.1, -0.05) is 23.7 Å². The summed E-state index contributed by atoms with van der Waals surface area (Å²) in [7, 11) is 1.35. The Morgan fingerprint density at radius 3 is 2.61 bits per heavy atom. The molecular formula is C21H21ClN4O5. The van der Waals surface area contributed by atoms with Gasteiger partial charge in [0.2, 0.25) is 5.91 Å². The van der Waals surface area contributed by atoms with Gasteiger partial charge in [-0.3, -0.25) is 19.7 Å². The highest BCUT2D eigenvalue weighted by atomic mass is 35.5. The summed E-state index contributed by atoms with van der Waals surface area (Å²) in [5.41, 5.74) is 3.18. The number of nitrogens with zero attached hydrogens (tertiary/aromatic N) is 3. The normalized spacial score (nSPS) is 14.5. The second-order valence-electron chi connectivity index (χ2n) is 6.97. The van der Waals surface area contributed by atoms with Crippen LogP contribution in [0.5, 0.6) is 5.75 Å². The number of rotatable bonds is 6. The number of nitro groups is 1. The molecule has 0 radical (unpaired) electrons. The third kappa shape index (κ3) is 5.37. The molecule has 1 saturated heterocycles. The Morgan fingerprint density at radius 2 is 1.97 bits per heavy atom. The number of amides is 2. The molecule has 2 amide bonds. The Hall–Kier alpha value is -3.46. The van der Waals surface area contributed by atoms with Crippen LogP contribution in [0.15, 0.2) is 47.6 Å². The zero-order valence-corrected chi connectivity index (χ0v) is 17.5. The molecule has 1 aliphatic heterocycles. The van der Waals surface area contributed by atoms with E-state index in [1.165, 1.54) is 25.5 Å². The third-order valence-corrected chi connectivity index (χ3v) is 5.37. The summed E-state index contributed by atoms with van der Waals surface area (Å²) in [6.45, 7) is 0.882. The fourth-order valence-corrected chi connectivity index (χ4v) is 3.56. The number of halogens is 1. The average molecular weight is 445 g/mol. The lowest BCUT2D eigenvalue weighted by Gasteiger charge is -2.31. The van der Waals surface area contributed by atoms with Gasteiger partial charge in [0.25, 0.3) is 5.91 Å². The summed E-state index contributed by atoms with van der Waals surface area (Å²) in [6, 6.07) is 11.3. The van der Waals surface area contributed by atoms with E-state index in [0.717, 1.165) is 0 Å². The van der Waals surface area contributed by atoms with Crippen molar-refractivity contribution in [3.63, 3.8) is 0 Å². The van der Waals surface area contributed by atoms with Crippen LogP contribution in [0.1, 0.15) is 28.8 Å². The van der Waals surface area contributed by atoms with Crippen molar-refractivity contribution in [1.29, 1.82) is 0 Å². The van der Waals surface area contributed by atoms with Crippen LogP contribution >= 0.6 is 11.6 Å². The number of nitrogens with one attached hydrogen (secondary N) is 1. The molecule has 10 heteroatoms. The van der Waals surface area contributed by atoms with Gasteiger partial charge in [0.05, 0.1) is 28.8 Å². The van der Waals surface area contributed by atoms with Gasteiger partial charge in [0, 0.05) is 30.6 Å². The van der Waals surface area contributed by atoms with Gasteiger partial charge >= 0.3 is 5.69 Å². The van der Waals surface area contributed by atoms with Crippen molar-refractivity contribution >= 4 is 35.3 Å².